The van der Waals surface area contributed by atoms with Gasteiger partial charge in [0.25, 0.3) is 0 Å². The van der Waals surface area contributed by atoms with Crippen LogP contribution in [0.1, 0.15) is 6.92 Å². The molecule has 6 nitrogen and oxygen atoms in total. The van der Waals surface area contributed by atoms with E-state index >= 15 is 0 Å². The molecule has 1 atom stereocenters. The van der Waals surface area contributed by atoms with E-state index in [1.54, 1.807) is 25.1 Å². The lowest BCUT2D eigenvalue weighted by molar-refractivity contribution is -0.141. The average Bonchev–Trinajstić information content (AvgIpc) is 2.28. The molecule has 0 heterocycles. The zero-order valence-electron chi connectivity index (χ0n) is 9.33. The number of hydrogen-bond acceptors (Lipinski definition) is 4. The summed E-state index contributed by atoms with van der Waals surface area (Å²) in [6.07, 6.45) is 0. The molecular formula is C10H14NO5P. The molecule has 2 N–H and O–H groups in total. The summed E-state index contributed by atoms with van der Waals surface area (Å²) in [4.78, 5) is 20.4. The number of carbonyl (C=O) groups is 1. The number of benzene rings is 1. The molecule has 0 bridgehead atoms. The molecule has 0 radical (unpaired) electrons. The molecule has 0 aliphatic carbocycles. The molecule has 0 aliphatic rings. The Labute approximate surface area is 99.1 Å². The Balaban J connectivity index is 2.46. The van der Waals surface area contributed by atoms with Gasteiger partial charge in [-0.3, -0.25) is 4.79 Å². The van der Waals surface area contributed by atoms with Gasteiger partial charge < -0.3 is 14.2 Å². The van der Waals surface area contributed by atoms with Gasteiger partial charge in [0.1, 0.15) is 12.3 Å². The summed E-state index contributed by atoms with van der Waals surface area (Å²) in [5, 5.41) is 2.11. The molecule has 0 aliphatic heterocycles. The van der Waals surface area contributed by atoms with E-state index in [9.17, 15) is 14.3 Å². The predicted molar refractivity (Wildman–Crippen MR) is 61.5 cm³/mol. The second-order valence-corrected chi connectivity index (χ2v) is 4.60. The second-order valence-electron chi connectivity index (χ2n) is 3.06. The molecule has 0 fully saturated rings. The largest absolute Gasteiger partial charge is 0.465 e. The van der Waals surface area contributed by atoms with E-state index in [-0.39, 0.29) is 18.9 Å². The van der Waals surface area contributed by atoms with Gasteiger partial charge in [-0.1, -0.05) is 18.2 Å². The normalized spacial score (nSPS) is 13.8. The van der Waals surface area contributed by atoms with Crippen LogP contribution < -0.4 is 9.61 Å². The Morgan fingerprint density at radius 3 is 2.65 bits per heavy atom. The summed E-state index contributed by atoms with van der Waals surface area (Å²) in [6.45, 7) is 1.49. The van der Waals surface area contributed by atoms with Crippen molar-refractivity contribution in [3.05, 3.63) is 30.3 Å². The lowest BCUT2D eigenvalue weighted by Gasteiger charge is -2.13. The number of esters is 1. The van der Waals surface area contributed by atoms with Crippen molar-refractivity contribution < 1.29 is 23.5 Å². The number of hydrogen-bond donors (Lipinski definition) is 2. The lowest BCUT2D eigenvalue weighted by Crippen LogP contribution is -2.24. The fourth-order valence-corrected chi connectivity index (χ4v) is 1.83. The summed E-state index contributed by atoms with van der Waals surface area (Å²) in [6, 6.07) is 8.16. The van der Waals surface area contributed by atoms with E-state index in [0.717, 1.165) is 0 Å². The van der Waals surface area contributed by atoms with Crippen molar-refractivity contribution in [3.8, 4) is 5.75 Å². The first kappa shape index (κ1) is 13.7. The SMILES string of the molecule is CCOC(=O)CNP(=O)(O)Oc1ccccc1. The molecule has 1 aromatic rings. The van der Waals surface area contributed by atoms with Crippen molar-refractivity contribution in [2.45, 2.75) is 6.92 Å². The summed E-state index contributed by atoms with van der Waals surface area (Å²) >= 11 is 0. The Morgan fingerprint density at radius 1 is 1.41 bits per heavy atom. The molecule has 17 heavy (non-hydrogen) atoms. The fraction of sp³-hybridized carbons (Fsp3) is 0.300. The Hall–Kier alpha value is -1.36. The first-order valence-corrected chi connectivity index (χ1v) is 6.59. The Kier molecular flexibility index (Phi) is 5.15. The van der Waals surface area contributed by atoms with Crippen LogP contribution in [0.4, 0.5) is 0 Å². The van der Waals surface area contributed by atoms with Crippen LogP contribution in [0.3, 0.4) is 0 Å². The van der Waals surface area contributed by atoms with Crippen molar-refractivity contribution in [1.29, 1.82) is 0 Å². The third kappa shape index (κ3) is 5.49. The third-order valence-electron chi connectivity index (χ3n) is 1.70. The predicted octanol–water partition coefficient (Wildman–Crippen LogP) is 1.32. The molecule has 0 aromatic heterocycles. The van der Waals surface area contributed by atoms with Gasteiger partial charge in [0, 0.05) is 0 Å². The monoisotopic (exact) mass is 259 g/mol. The lowest BCUT2D eigenvalue weighted by atomic mass is 10.3. The number of ether oxygens (including phenoxy) is 1. The van der Waals surface area contributed by atoms with Crippen LogP contribution in [-0.2, 0) is 14.1 Å². The highest BCUT2D eigenvalue weighted by Gasteiger charge is 2.22. The van der Waals surface area contributed by atoms with Crippen LogP contribution >= 0.6 is 7.75 Å². The molecule has 94 valence electrons. The van der Waals surface area contributed by atoms with Gasteiger partial charge in [-0.2, -0.15) is 0 Å². The van der Waals surface area contributed by atoms with E-state index in [1.807, 2.05) is 0 Å². The highest BCUT2D eigenvalue weighted by atomic mass is 31.2. The number of rotatable bonds is 6. The Bertz CT molecular complexity index is 408. The maximum atomic E-state index is 11.5. The quantitative estimate of drug-likeness (QED) is 0.592. The zero-order chi connectivity index (χ0) is 12.7. The summed E-state index contributed by atoms with van der Waals surface area (Å²) in [5.41, 5.74) is 0. The zero-order valence-corrected chi connectivity index (χ0v) is 10.2. The van der Waals surface area contributed by atoms with Gasteiger partial charge in [0.2, 0.25) is 0 Å². The van der Waals surface area contributed by atoms with Crippen LogP contribution in [0.5, 0.6) is 5.75 Å². The molecule has 7 heteroatoms. The van der Waals surface area contributed by atoms with Crippen molar-refractivity contribution in [2.75, 3.05) is 13.2 Å². The first-order valence-electron chi connectivity index (χ1n) is 5.01. The molecule has 1 aromatic carbocycles. The van der Waals surface area contributed by atoms with Crippen LogP contribution in [0, 0.1) is 0 Å². The molecular weight excluding hydrogens is 245 g/mol. The van der Waals surface area contributed by atoms with Crippen molar-refractivity contribution in [2.24, 2.45) is 0 Å². The molecule has 0 saturated heterocycles. The molecule has 0 saturated carbocycles. The minimum Gasteiger partial charge on any atom is -0.465 e. The smallest absolute Gasteiger partial charge is 0.456 e. The van der Waals surface area contributed by atoms with Crippen LogP contribution in [0.2, 0.25) is 0 Å². The van der Waals surface area contributed by atoms with Crippen molar-refractivity contribution in [1.82, 2.24) is 5.09 Å². The van der Waals surface area contributed by atoms with Crippen molar-refractivity contribution in [3.63, 3.8) is 0 Å². The van der Waals surface area contributed by atoms with Crippen molar-refractivity contribution >= 4 is 13.7 Å². The number of nitrogens with one attached hydrogen (secondary N) is 1. The van der Waals surface area contributed by atoms with Gasteiger partial charge in [0.05, 0.1) is 6.61 Å². The van der Waals surface area contributed by atoms with Gasteiger partial charge in [0.15, 0.2) is 0 Å². The Morgan fingerprint density at radius 2 is 2.06 bits per heavy atom. The molecule has 0 spiro atoms. The van der Waals surface area contributed by atoms with E-state index < -0.39 is 13.7 Å². The van der Waals surface area contributed by atoms with Crippen LogP contribution in [-0.4, -0.2) is 24.0 Å². The highest BCUT2D eigenvalue weighted by Crippen LogP contribution is 2.37. The summed E-state index contributed by atoms with van der Waals surface area (Å²) in [5.74, 6) is -0.367. The average molecular weight is 259 g/mol. The van der Waals surface area contributed by atoms with E-state index in [2.05, 4.69) is 9.82 Å². The van der Waals surface area contributed by atoms with E-state index in [1.165, 1.54) is 12.1 Å². The minimum atomic E-state index is -4.04. The van der Waals surface area contributed by atoms with E-state index in [0.29, 0.717) is 0 Å². The molecule has 0 amide bonds. The second kappa shape index (κ2) is 6.39. The van der Waals surface area contributed by atoms with Gasteiger partial charge >= 0.3 is 13.7 Å². The van der Waals surface area contributed by atoms with Crippen LogP contribution in [0.25, 0.3) is 0 Å². The minimum absolute atomic E-state index is 0.218. The van der Waals surface area contributed by atoms with Crippen LogP contribution in [0.15, 0.2) is 30.3 Å². The maximum absolute atomic E-state index is 11.5. The van der Waals surface area contributed by atoms with Gasteiger partial charge in [-0.15, -0.1) is 0 Å². The molecule has 1 rings (SSSR count). The van der Waals surface area contributed by atoms with Gasteiger partial charge in [-0.25, -0.2) is 9.65 Å². The molecule has 1 unspecified atom stereocenters. The fourth-order valence-electron chi connectivity index (χ4n) is 1.03. The van der Waals surface area contributed by atoms with E-state index in [4.69, 9.17) is 4.52 Å². The summed E-state index contributed by atoms with van der Waals surface area (Å²) in [7, 11) is -4.04. The third-order valence-corrected chi connectivity index (χ3v) is 2.72. The highest BCUT2D eigenvalue weighted by molar-refractivity contribution is 7.51. The number of para-hydroxylation sites is 1. The summed E-state index contributed by atoms with van der Waals surface area (Å²) < 4.78 is 20.9. The number of carbonyl (C=O) groups excluding carboxylic acids is 1. The van der Waals surface area contributed by atoms with Gasteiger partial charge in [-0.05, 0) is 19.1 Å². The first-order chi connectivity index (χ1) is 8.03. The standard InChI is InChI=1S/C10H14NO5P/c1-2-15-10(12)8-11-17(13,14)16-9-6-4-3-5-7-9/h3-7H,2,8H2,1H3,(H2,11,13,14). The topological polar surface area (TPSA) is 84.9 Å². The maximum Gasteiger partial charge on any atom is 0.456 e.